The minimum atomic E-state index is 0.334. The Morgan fingerprint density at radius 1 is 1.07 bits per heavy atom. The third kappa shape index (κ3) is 1.70. The van der Waals surface area contributed by atoms with Gasteiger partial charge in [-0.3, -0.25) is 0 Å². The zero-order chi connectivity index (χ0) is 11.0. The first kappa shape index (κ1) is 10.0. The summed E-state index contributed by atoms with van der Waals surface area (Å²) in [7, 11) is 0. The molecule has 2 aromatic carbocycles. The SMILES string of the molecule is Cc1ccc2cc(O)ccc2c1C(C)C. The molecule has 78 valence electrons. The van der Waals surface area contributed by atoms with Crippen LogP contribution in [0, 0.1) is 6.92 Å². The van der Waals surface area contributed by atoms with Gasteiger partial charge in [0.05, 0.1) is 0 Å². The van der Waals surface area contributed by atoms with E-state index in [0.29, 0.717) is 11.7 Å². The van der Waals surface area contributed by atoms with Crippen molar-refractivity contribution in [3.05, 3.63) is 41.5 Å². The molecule has 2 aromatic rings. The van der Waals surface area contributed by atoms with E-state index < -0.39 is 0 Å². The highest BCUT2D eigenvalue weighted by atomic mass is 16.3. The quantitative estimate of drug-likeness (QED) is 0.738. The number of hydrogen-bond acceptors (Lipinski definition) is 1. The number of hydrogen-bond donors (Lipinski definition) is 1. The molecule has 0 saturated carbocycles. The van der Waals surface area contributed by atoms with Crippen LogP contribution < -0.4 is 0 Å². The van der Waals surface area contributed by atoms with Crippen LogP contribution in [0.4, 0.5) is 0 Å². The molecule has 0 aliphatic rings. The van der Waals surface area contributed by atoms with Gasteiger partial charge in [0.1, 0.15) is 5.75 Å². The van der Waals surface area contributed by atoms with E-state index in [9.17, 15) is 5.11 Å². The second-order valence-corrected chi connectivity index (χ2v) is 4.36. The summed E-state index contributed by atoms with van der Waals surface area (Å²) >= 11 is 0. The average Bonchev–Trinajstić information content (AvgIpc) is 2.17. The highest BCUT2D eigenvalue weighted by Gasteiger charge is 2.08. The van der Waals surface area contributed by atoms with E-state index in [2.05, 4.69) is 32.9 Å². The van der Waals surface area contributed by atoms with E-state index in [1.807, 2.05) is 12.1 Å². The van der Waals surface area contributed by atoms with Crippen LogP contribution in [0.1, 0.15) is 30.9 Å². The Hall–Kier alpha value is -1.50. The molecule has 0 aliphatic heterocycles. The Morgan fingerprint density at radius 3 is 2.47 bits per heavy atom. The van der Waals surface area contributed by atoms with E-state index in [1.54, 1.807) is 6.07 Å². The molecule has 0 fully saturated rings. The van der Waals surface area contributed by atoms with Crippen molar-refractivity contribution in [3.63, 3.8) is 0 Å². The van der Waals surface area contributed by atoms with Crippen molar-refractivity contribution in [2.45, 2.75) is 26.7 Å². The average molecular weight is 200 g/mol. The van der Waals surface area contributed by atoms with Gasteiger partial charge in [-0.1, -0.05) is 32.0 Å². The second-order valence-electron chi connectivity index (χ2n) is 4.36. The highest BCUT2D eigenvalue weighted by Crippen LogP contribution is 2.30. The molecule has 0 aromatic heterocycles. The Balaban J connectivity index is 2.82. The predicted molar refractivity (Wildman–Crippen MR) is 64.4 cm³/mol. The maximum absolute atomic E-state index is 9.43. The fourth-order valence-electron chi connectivity index (χ4n) is 2.22. The number of phenols is 1. The molecule has 0 bridgehead atoms. The molecule has 0 aliphatic carbocycles. The zero-order valence-electron chi connectivity index (χ0n) is 9.41. The molecule has 2 rings (SSSR count). The van der Waals surface area contributed by atoms with E-state index in [4.69, 9.17) is 0 Å². The summed E-state index contributed by atoms with van der Waals surface area (Å²) in [6.07, 6.45) is 0. The second kappa shape index (κ2) is 3.58. The summed E-state index contributed by atoms with van der Waals surface area (Å²) in [5, 5.41) is 11.8. The molecule has 15 heavy (non-hydrogen) atoms. The summed E-state index contributed by atoms with van der Waals surface area (Å²) in [5.74, 6) is 0.847. The number of phenolic OH excluding ortho intramolecular Hbond substituents is 1. The molecule has 1 heteroatoms. The molecule has 1 N–H and O–H groups in total. The summed E-state index contributed by atoms with van der Waals surface area (Å²) in [6, 6.07) is 9.77. The van der Waals surface area contributed by atoms with E-state index >= 15 is 0 Å². The van der Waals surface area contributed by atoms with Crippen LogP contribution in [-0.4, -0.2) is 5.11 Å². The summed E-state index contributed by atoms with van der Waals surface area (Å²) in [6.45, 7) is 6.55. The molecule has 1 nitrogen and oxygen atoms in total. The van der Waals surface area contributed by atoms with Crippen molar-refractivity contribution in [3.8, 4) is 5.75 Å². The summed E-state index contributed by atoms with van der Waals surface area (Å²) < 4.78 is 0. The monoisotopic (exact) mass is 200 g/mol. The predicted octanol–water partition coefficient (Wildman–Crippen LogP) is 3.98. The molecule has 0 amide bonds. The fraction of sp³-hybridized carbons (Fsp3) is 0.286. The number of fused-ring (bicyclic) bond motifs is 1. The van der Waals surface area contributed by atoms with Crippen molar-refractivity contribution in [2.24, 2.45) is 0 Å². The standard InChI is InChI=1S/C14H16O/c1-9(2)14-10(3)4-5-11-8-12(15)6-7-13(11)14/h4-9,15H,1-3H3. The van der Waals surface area contributed by atoms with Gasteiger partial charge in [0.15, 0.2) is 0 Å². The molecular formula is C14H16O. The smallest absolute Gasteiger partial charge is 0.116 e. The Kier molecular flexibility index (Phi) is 2.39. The first-order valence-electron chi connectivity index (χ1n) is 5.32. The molecule has 0 atom stereocenters. The normalized spacial score (nSPS) is 11.2. The van der Waals surface area contributed by atoms with E-state index in [1.165, 1.54) is 16.5 Å². The van der Waals surface area contributed by atoms with E-state index in [-0.39, 0.29) is 0 Å². The van der Waals surface area contributed by atoms with Gasteiger partial charge in [-0.25, -0.2) is 0 Å². The minimum Gasteiger partial charge on any atom is -0.508 e. The molecule has 0 radical (unpaired) electrons. The lowest BCUT2D eigenvalue weighted by Crippen LogP contribution is -1.93. The van der Waals surface area contributed by atoms with Crippen LogP contribution >= 0.6 is 0 Å². The van der Waals surface area contributed by atoms with Crippen molar-refractivity contribution < 1.29 is 5.11 Å². The number of benzene rings is 2. The van der Waals surface area contributed by atoms with E-state index in [0.717, 1.165) is 5.39 Å². The molecular weight excluding hydrogens is 184 g/mol. The van der Waals surface area contributed by atoms with Gasteiger partial charge < -0.3 is 5.11 Å². The van der Waals surface area contributed by atoms with Crippen LogP contribution in [0.5, 0.6) is 5.75 Å². The van der Waals surface area contributed by atoms with Crippen LogP contribution in [0.2, 0.25) is 0 Å². The Labute approximate surface area is 90.4 Å². The van der Waals surface area contributed by atoms with Crippen LogP contribution in [0.25, 0.3) is 10.8 Å². The van der Waals surface area contributed by atoms with Crippen LogP contribution in [-0.2, 0) is 0 Å². The van der Waals surface area contributed by atoms with Crippen molar-refractivity contribution >= 4 is 10.8 Å². The zero-order valence-corrected chi connectivity index (χ0v) is 9.41. The lowest BCUT2D eigenvalue weighted by atomic mass is 9.92. The van der Waals surface area contributed by atoms with Gasteiger partial charge in [-0.05, 0) is 46.9 Å². The maximum atomic E-state index is 9.43. The van der Waals surface area contributed by atoms with Gasteiger partial charge in [-0.15, -0.1) is 0 Å². The number of rotatable bonds is 1. The lowest BCUT2D eigenvalue weighted by Gasteiger charge is -2.13. The number of aromatic hydroxyl groups is 1. The molecule has 0 heterocycles. The lowest BCUT2D eigenvalue weighted by molar-refractivity contribution is 0.476. The van der Waals surface area contributed by atoms with Crippen LogP contribution in [0.15, 0.2) is 30.3 Å². The highest BCUT2D eigenvalue weighted by molar-refractivity contribution is 5.88. The van der Waals surface area contributed by atoms with Gasteiger partial charge in [-0.2, -0.15) is 0 Å². The largest absolute Gasteiger partial charge is 0.508 e. The fourth-order valence-corrected chi connectivity index (χ4v) is 2.22. The third-order valence-corrected chi connectivity index (χ3v) is 2.84. The molecule has 0 unspecified atom stereocenters. The van der Waals surface area contributed by atoms with Gasteiger partial charge in [0, 0.05) is 0 Å². The minimum absolute atomic E-state index is 0.334. The first-order chi connectivity index (χ1) is 7.09. The van der Waals surface area contributed by atoms with Crippen molar-refractivity contribution in [1.29, 1.82) is 0 Å². The first-order valence-corrected chi connectivity index (χ1v) is 5.32. The third-order valence-electron chi connectivity index (χ3n) is 2.84. The van der Waals surface area contributed by atoms with Crippen LogP contribution in [0.3, 0.4) is 0 Å². The summed E-state index contributed by atoms with van der Waals surface area (Å²) in [5.41, 5.74) is 2.70. The number of aryl methyl sites for hydroxylation is 1. The Morgan fingerprint density at radius 2 is 1.80 bits per heavy atom. The van der Waals surface area contributed by atoms with Gasteiger partial charge in [0.25, 0.3) is 0 Å². The van der Waals surface area contributed by atoms with Crippen molar-refractivity contribution in [2.75, 3.05) is 0 Å². The maximum Gasteiger partial charge on any atom is 0.116 e. The van der Waals surface area contributed by atoms with Crippen molar-refractivity contribution in [1.82, 2.24) is 0 Å². The Bertz CT molecular complexity index is 498. The molecule has 0 saturated heterocycles. The van der Waals surface area contributed by atoms with Gasteiger partial charge in [0.2, 0.25) is 0 Å². The summed E-state index contributed by atoms with van der Waals surface area (Å²) in [4.78, 5) is 0. The topological polar surface area (TPSA) is 20.2 Å². The molecule has 0 spiro atoms. The van der Waals surface area contributed by atoms with Gasteiger partial charge >= 0.3 is 0 Å².